The van der Waals surface area contributed by atoms with E-state index in [1.807, 2.05) is 54.6 Å². The Hall–Kier alpha value is -3.98. The minimum Gasteiger partial charge on any atom is -0.508 e. The zero-order chi connectivity index (χ0) is 21.6. The highest BCUT2D eigenvalue weighted by molar-refractivity contribution is 6.04. The summed E-state index contributed by atoms with van der Waals surface area (Å²) >= 11 is 0. The van der Waals surface area contributed by atoms with Crippen LogP contribution >= 0.6 is 0 Å². The molecule has 0 aliphatic rings. The van der Waals surface area contributed by atoms with Crippen LogP contribution in [0.5, 0.6) is 17.2 Å². The van der Waals surface area contributed by atoms with Gasteiger partial charge in [-0.25, -0.2) is 0 Å². The first-order valence-electron chi connectivity index (χ1n) is 10.1. The molecule has 0 heterocycles. The Balaban J connectivity index is 2.04. The van der Waals surface area contributed by atoms with Gasteiger partial charge in [-0.05, 0) is 69.8 Å². The molecule has 4 aromatic carbocycles. The third-order valence-corrected chi connectivity index (χ3v) is 5.23. The van der Waals surface area contributed by atoms with Crippen LogP contribution in [0.3, 0.4) is 0 Å². The second-order valence-corrected chi connectivity index (χ2v) is 7.12. The van der Waals surface area contributed by atoms with Gasteiger partial charge in [-0.15, -0.1) is 0 Å². The van der Waals surface area contributed by atoms with Crippen molar-refractivity contribution < 1.29 is 14.6 Å². The Labute approximate surface area is 182 Å². The van der Waals surface area contributed by atoms with Gasteiger partial charge in [0, 0.05) is 0 Å². The lowest BCUT2D eigenvalue weighted by molar-refractivity contribution is 0.414. The third kappa shape index (κ3) is 4.46. The molecule has 4 aromatic rings. The van der Waals surface area contributed by atoms with E-state index in [2.05, 4.69) is 36.4 Å². The summed E-state index contributed by atoms with van der Waals surface area (Å²) in [7, 11) is 3.34. The number of hydrogen-bond donors (Lipinski definition) is 1. The minimum absolute atomic E-state index is 0.242. The number of benzene rings is 4. The van der Waals surface area contributed by atoms with E-state index in [1.165, 1.54) is 0 Å². The molecule has 0 aliphatic heterocycles. The van der Waals surface area contributed by atoms with Gasteiger partial charge in [0.1, 0.15) is 17.2 Å². The van der Waals surface area contributed by atoms with Gasteiger partial charge in [-0.2, -0.15) is 0 Å². The van der Waals surface area contributed by atoms with Crippen LogP contribution in [-0.2, 0) is 0 Å². The molecule has 0 saturated carbocycles. The Bertz CT molecular complexity index is 1110. The molecule has 0 atom stereocenters. The SMILES string of the molecule is COc1ccc(C(=C(c2ccccc2)c2ccc(O)cc2)c2ccc(OC)cc2)cc1. The molecule has 1 N–H and O–H groups in total. The van der Waals surface area contributed by atoms with Crippen LogP contribution in [0.1, 0.15) is 22.3 Å². The average molecular weight is 408 g/mol. The van der Waals surface area contributed by atoms with Gasteiger partial charge in [0.05, 0.1) is 14.2 Å². The smallest absolute Gasteiger partial charge is 0.118 e. The largest absolute Gasteiger partial charge is 0.508 e. The summed E-state index contributed by atoms with van der Waals surface area (Å²) < 4.78 is 10.7. The Morgan fingerprint density at radius 2 is 0.839 bits per heavy atom. The maximum atomic E-state index is 9.85. The fraction of sp³-hybridized carbons (Fsp3) is 0.0714. The zero-order valence-corrected chi connectivity index (χ0v) is 17.6. The number of aromatic hydroxyl groups is 1. The number of phenolic OH excluding ortho intramolecular Hbond substituents is 1. The predicted molar refractivity (Wildman–Crippen MR) is 126 cm³/mol. The molecule has 0 fully saturated rings. The van der Waals surface area contributed by atoms with E-state index in [0.29, 0.717) is 0 Å². The van der Waals surface area contributed by atoms with Crippen molar-refractivity contribution in [3.63, 3.8) is 0 Å². The van der Waals surface area contributed by atoms with Crippen LogP contribution in [0.15, 0.2) is 103 Å². The summed E-state index contributed by atoms with van der Waals surface area (Å²) in [5.74, 6) is 1.86. The van der Waals surface area contributed by atoms with Gasteiger partial charge >= 0.3 is 0 Å². The van der Waals surface area contributed by atoms with Crippen molar-refractivity contribution in [3.8, 4) is 17.2 Å². The third-order valence-electron chi connectivity index (χ3n) is 5.23. The lowest BCUT2D eigenvalue weighted by Gasteiger charge is -2.18. The summed E-state index contributed by atoms with van der Waals surface area (Å²) in [4.78, 5) is 0. The van der Waals surface area contributed by atoms with Crippen molar-refractivity contribution in [2.75, 3.05) is 14.2 Å². The zero-order valence-electron chi connectivity index (χ0n) is 17.6. The van der Waals surface area contributed by atoms with Gasteiger partial charge in [-0.3, -0.25) is 0 Å². The molecule has 0 radical (unpaired) electrons. The molecular formula is C28H24O3. The van der Waals surface area contributed by atoms with Crippen molar-refractivity contribution in [2.24, 2.45) is 0 Å². The van der Waals surface area contributed by atoms with Crippen molar-refractivity contribution in [1.82, 2.24) is 0 Å². The van der Waals surface area contributed by atoms with E-state index in [4.69, 9.17) is 9.47 Å². The summed E-state index contributed by atoms with van der Waals surface area (Å²) in [5.41, 5.74) is 6.41. The van der Waals surface area contributed by atoms with E-state index in [9.17, 15) is 5.11 Å². The summed E-state index contributed by atoms with van der Waals surface area (Å²) in [6.45, 7) is 0. The van der Waals surface area contributed by atoms with Gasteiger partial charge in [0.2, 0.25) is 0 Å². The highest BCUT2D eigenvalue weighted by atomic mass is 16.5. The fourth-order valence-electron chi connectivity index (χ4n) is 3.66. The van der Waals surface area contributed by atoms with Crippen molar-refractivity contribution >= 4 is 11.1 Å². The molecule has 154 valence electrons. The quantitative estimate of drug-likeness (QED) is 0.374. The maximum absolute atomic E-state index is 9.85. The van der Waals surface area contributed by atoms with E-state index in [0.717, 1.165) is 44.9 Å². The molecule has 0 bridgehead atoms. The summed E-state index contributed by atoms with van der Waals surface area (Å²) in [6, 6.07) is 33.8. The number of hydrogen-bond acceptors (Lipinski definition) is 3. The molecule has 3 nitrogen and oxygen atoms in total. The first-order valence-corrected chi connectivity index (χ1v) is 10.1. The Kier molecular flexibility index (Phi) is 6.04. The molecule has 0 aromatic heterocycles. The van der Waals surface area contributed by atoms with Crippen molar-refractivity contribution in [1.29, 1.82) is 0 Å². The van der Waals surface area contributed by atoms with Gasteiger partial charge in [-0.1, -0.05) is 66.7 Å². The standard InChI is InChI=1S/C28H24O3/c1-30-25-16-10-22(11-17-25)28(23-12-18-26(31-2)19-13-23)27(20-6-4-3-5-7-20)21-8-14-24(29)15-9-21/h3-19,29H,1-2H3. The molecular weight excluding hydrogens is 384 g/mol. The lowest BCUT2D eigenvalue weighted by atomic mass is 9.85. The Morgan fingerprint density at radius 3 is 1.23 bits per heavy atom. The van der Waals surface area contributed by atoms with Crippen LogP contribution in [0.25, 0.3) is 11.1 Å². The summed E-state index contributed by atoms with van der Waals surface area (Å²) in [5, 5.41) is 9.85. The van der Waals surface area contributed by atoms with E-state index >= 15 is 0 Å². The van der Waals surface area contributed by atoms with E-state index in [1.54, 1.807) is 26.4 Å². The fourth-order valence-corrected chi connectivity index (χ4v) is 3.66. The molecule has 4 rings (SSSR count). The predicted octanol–water partition coefficient (Wildman–Crippen LogP) is 6.42. The van der Waals surface area contributed by atoms with E-state index < -0.39 is 0 Å². The van der Waals surface area contributed by atoms with Crippen LogP contribution in [0.2, 0.25) is 0 Å². The number of ether oxygens (including phenoxy) is 2. The molecule has 3 heteroatoms. The Morgan fingerprint density at radius 1 is 0.484 bits per heavy atom. The highest BCUT2D eigenvalue weighted by Gasteiger charge is 2.16. The molecule has 31 heavy (non-hydrogen) atoms. The maximum Gasteiger partial charge on any atom is 0.118 e. The topological polar surface area (TPSA) is 38.7 Å². The molecule has 0 unspecified atom stereocenters. The normalized spacial score (nSPS) is 10.4. The molecule has 0 saturated heterocycles. The monoisotopic (exact) mass is 408 g/mol. The summed E-state index contributed by atoms with van der Waals surface area (Å²) in [6.07, 6.45) is 0. The second kappa shape index (κ2) is 9.23. The van der Waals surface area contributed by atoms with Gasteiger partial charge in [0.25, 0.3) is 0 Å². The van der Waals surface area contributed by atoms with E-state index in [-0.39, 0.29) is 5.75 Å². The van der Waals surface area contributed by atoms with Crippen LogP contribution < -0.4 is 9.47 Å². The van der Waals surface area contributed by atoms with Crippen molar-refractivity contribution in [2.45, 2.75) is 0 Å². The van der Waals surface area contributed by atoms with Crippen LogP contribution in [0.4, 0.5) is 0 Å². The molecule has 0 aliphatic carbocycles. The minimum atomic E-state index is 0.242. The van der Waals surface area contributed by atoms with Gasteiger partial charge in [0.15, 0.2) is 0 Å². The average Bonchev–Trinajstić information content (AvgIpc) is 2.84. The molecule has 0 amide bonds. The highest BCUT2D eigenvalue weighted by Crippen LogP contribution is 2.38. The van der Waals surface area contributed by atoms with Crippen LogP contribution in [-0.4, -0.2) is 19.3 Å². The first-order chi connectivity index (χ1) is 15.2. The van der Waals surface area contributed by atoms with Crippen molar-refractivity contribution in [3.05, 3.63) is 125 Å². The lowest BCUT2D eigenvalue weighted by Crippen LogP contribution is -1.98. The van der Waals surface area contributed by atoms with Crippen LogP contribution in [0, 0.1) is 0 Å². The first kappa shape index (κ1) is 20.3. The number of rotatable bonds is 6. The second-order valence-electron chi connectivity index (χ2n) is 7.12. The number of phenols is 1. The van der Waals surface area contributed by atoms with Gasteiger partial charge < -0.3 is 14.6 Å². The molecule has 0 spiro atoms. The number of methoxy groups -OCH3 is 2.